The normalized spacial score (nSPS) is 11.8. The van der Waals surface area contributed by atoms with Crippen molar-refractivity contribution < 1.29 is 10.2 Å². The van der Waals surface area contributed by atoms with Gasteiger partial charge >= 0.3 is 0 Å². The molecular formula is C30H20N2O2. The number of phenolic OH excluding ortho intramolecular Hbond substituents is 2. The molecule has 4 heteroatoms. The zero-order valence-electron chi connectivity index (χ0n) is 18.1. The van der Waals surface area contributed by atoms with Crippen LogP contribution in [-0.2, 0) is 0 Å². The maximum absolute atomic E-state index is 10.4. The van der Waals surface area contributed by atoms with Gasteiger partial charge in [0, 0.05) is 43.7 Å². The summed E-state index contributed by atoms with van der Waals surface area (Å²) < 4.78 is 0. The Morgan fingerprint density at radius 1 is 0.471 bits per heavy atom. The lowest BCUT2D eigenvalue weighted by atomic mass is 9.90. The Kier molecular flexibility index (Phi) is 3.82. The molecule has 0 fully saturated rings. The molecule has 0 amide bonds. The van der Waals surface area contributed by atoms with Crippen molar-refractivity contribution in [3.8, 4) is 33.8 Å². The molecule has 7 aromatic rings. The van der Waals surface area contributed by atoms with Gasteiger partial charge in [0.05, 0.1) is 11.0 Å². The molecular weight excluding hydrogens is 420 g/mol. The van der Waals surface area contributed by atoms with E-state index in [1.807, 2.05) is 60.7 Å². The van der Waals surface area contributed by atoms with E-state index in [0.717, 1.165) is 65.9 Å². The number of nitrogens with one attached hydrogen (secondary N) is 2. The van der Waals surface area contributed by atoms with Crippen LogP contribution in [-0.4, -0.2) is 20.2 Å². The molecule has 2 aromatic heterocycles. The highest BCUT2D eigenvalue weighted by molar-refractivity contribution is 6.31. The molecule has 0 bridgehead atoms. The highest BCUT2D eigenvalue weighted by Crippen LogP contribution is 2.48. The third kappa shape index (κ3) is 2.60. The minimum absolute atomic E-state index is 0.232. The Bertz CT molecular complexity index is 1720. The van der Waals surface area contributed by atoms with Crippen molar-refractivity contribution in [2.75, 3.05) is 0 Å². The third-order valence-corrected chi connectivity index (χ3v) is 6.69. The summed E-state index contributed by atoms with van der Waals surface area (Å²) in [6, 6.07) is 31.6. The third-order valence-electron chi connectivity index (χ3n) is 6.69. The molecule has 0 spiro atoms. The average Bonchev–Trinajstić information content (AvgIpc) is 3.42. The summed E-state index contributed by atoms with van der Waals surface area (Å²) in [5, 5.41) is 24.8. The van der Waals surface area contributed by atoms with Gasteiger partial charge in [-0.25, -0.2) is 0 Å². The SMILES string of the molecule is Oc1ccc2[nH]c3c(-c4ccccc4)c4c([nH]c5ccc(O)cc54)c(-c4ccccc4)c3c2c1. The highest BCUT2D eigenvalue weighted by Gasteiger charge is 2.23. The second-order valence-electron chi connectivity index (χ2n) is 8.69. The zero-order chi connectivity index (χ0) is 22.8. The van der Waals surface area contributed by atoms with Gasteiger partial charge in [-0.3, -0.25) is 0 Å². The first-order chi connectivity index (χ1) is 16.7. The van der Waals surface area contributed by atoms with Gasteiger partial charge in [-0.15, -0.1) is 0 Å². The predicted molar refractivity (Wildman–Crippen MR) is 139 cm³/mol. The number of aromatic hydroxyl groups is 2. The van der Waals surface area contributed by atoms with Gasteiger partial charge in [-0.05, 0) is 47.5 Å². The van der Waals surface area contributed by atoms with Gasteiger partial charge in [0.1, 0.15) is 11.5 Å². The van der Waals surface area contributed by atoms with Crippen LogP contribution in [0.3, 0.4) is 0 Å². The number of rotatable bonds is 2. The lowest BCUT2D eigenvalue weighted by Crippen LogP contribution is -1.88. The molecule has 0 aliphatic heterocycles. The second kappa shape index (κ2) is 6.90. The Morgan fingerprint density at radius 3 is 1.29 bits per heavy atom. The maximum atomic E-state index is 10.4. The van der Waals surface area contributed by atoms with Crippen LogP contribution in [0, 0.1) is 0 Å². The summed E-state index contributed by atoms with van der Waals surface area (Å²) in [6.07, 6.45) is 0. The molecule has 0 atom stereocenters. The number of aromatic amines is 2. The standard InChI is InChI=1S/C30H20N2O2/c33-19-11-13-23-21(15-19)27-25(17-7-3-1-4-8-17)29-28(22-16-20(34)12-14-24(22)31-29)26(30(27)32-23)18-9-5-2-6-10-18/h1-16,31-34H. The summed E-state index contributed by atoms with van der Waals surface area (Å²) in [7, 11) is 0. The first-order valence-corrected chi connectivity index (χ1v) is 11.2. The van der Waals surface area contributed by atoms with Crippen molar-refractivity contribution in [2.24, 2.45) is 0 Å². The fourth-order valence-electron chi connectivity index (χ4n) is 5.29. The minimum Gasteiger partial charge on any atom is -0.508 e. The number of benzene rings is 5. The van der Waals surface area contributed by atoms with Gasteiger partial charge < -0.3 is 20.2 Å². The van der Waals surface area contributed by atoms with Crippen LogP contribution in [0.4, 0.5) is 0 Å². The monoisotopic (exact) mass is 440 g/mol. The Balaban J connectivity index is 1.83. The van der Waals surface area contributed by atoms with Crippen molar-refractivity contribution in [1.29, 1.82) is 0 Å². The number of aromatic nitrogens is 2. The van der Waals surface area contributed by atoms with E-state index in [0.29, 0.717) is 0 Å². The molecule has 0 unspecified atom stereocenters. The van der Waals surface area contributed by atoms with Gasteiger partial charge in [0.25, 0.3) is 0 Å². The Morgan fingerprint density at radius 2 is 0.882 bits per heavy atom. The summed E-state index contributed by atoms with van der Waals surface area (Å²) in [4.78, 5) is 7.31. The van der Waals surface area contributed by atoms with Crippen molar-refractivity contribution in [1.82, 2.24) is 9.97 Å². The van der Waals surface area contributed by atoms with Crippen molar-refractivity contribution in [3.63, 3.8) is 0 Å². The summed E-state index contributed by atoms with van der Waals surface area (Å²) in [6.45, 7) is 0. The zero-order valence-corrected chi connectivity index (χ0v) is 18.1. The highest BCUT2D eigenvalue weighted by atomic mass is 16.3. The largest absolute Gasteiger partial charge is 0.508 e. The summed E-state index contributed by atoms with van der Waals surface area (Å²) in [5.74, 6) is 0.464. The lowest BCUT2D eigenvalue weighted by molar-refractivity contribution is 0.475. The van der Waals surface area contributed by atoms with Gasteiger partial charge in [0.2, 0.25) is 0 Å². The van der Waals surface area contributed by atoms with E-state index in [2.05, 4.69) is 34.2 Å². The van der Waals surface area contributed by atoms with Crippen LogP contribution in [0.2, 0.25) is 0 Å². The maximum Gasteiger partial charge on any atom is 0.116 e. The topological polar surface area (TPSA) is 72.0 Å². The molecule has 7 rings (SSSR count). The van der Waals surface area contributed by atoms with E-state index in [-0.39, 0.29) is 11.5 Å². The van der Waals surface area contributed by atoms with Gasteiger partial charge in [-0.2, -0.15) is 0 Å². The predicted octanol–water partition coefficient (Wildman–Crippen LogP) is 7.70. The molecule has 0 radical (unpaired) electrons. The molecule has 0 saturated carbocycles. The van der Waals surface area contributed by atoms with Gasteiger partial charge in [-0.1, -0.05) is 60.7 Å². The minimum atomic E-state index is 0.232. The molecule has 4 N–H and O–H groups in total. The first kappa shape index (κ1) is 18.8. The van der Waals surface area contributed by atoms with E-state index in [1.54, 1.807) is 12.1 Å². The molecule has 162 valence electrons. The van der Waals surface area contributed by atoms with E-state index in [9.17, 15) is 10.2 Å². The summed E-state index contributed by atoms with van der Waals surface area (Å²) in [5.41, 5.74) is 8.22. The van der Waals surface area contributed by atoms with Crippen LogP contribution in [0.1, 0.15) is 0 Å². The molecule has 2 heterocycles. The lowest BCUT2D eigenvalue weighted by Gasteiger charge is -2.13. The van der Waals surface area contributed by atoms with Crippen LogP contribution >= 0.6 is 0 Å². The number of H-pyrrole nitrogens is 2. The quantitative estimate of drug-likeness (QED) is 0.222. The molecule has 0 aliphatic carbocycles. The van der Waals surface area contributed by atoms with Crippen molar-refractivity contribution in [3.05, 3.63) is 97.1 Å². The fourth-order valence-corrected chi connectivity index (χ4v) is 5.29. The molecule has 4 nitrogen and oxygen atoms in total. The van der Waals surface area contributed by atoms with Crippen LogP contribution < -0.4 is 0 Å². The van der Waals surface area contributed by atoms with Gasteiger partial charge in [0.15, 0.2) is 0 Å². The second-order valence-corrected chi connectivity index (χ2v) is 8.69. The number of hydrogen-bond donors (Lipinski definition) is 4. The van der Waals surface area contributed by atoms with Crippen molar-refractivity contribution >= 4 is 43.6 Å². The molecule has 0 saturated heterocycles. The molecule has 34 heavy (non-hydrogen) atoms. The smallest absolute Gasteiger partial charge is 0.116 e. The van der Waals surface area contributed by atoms with Crippen LogP contribution in [0.25, 0.3) is 65.9 Å². The molecule has 0 aliphatic rings. The molecule has 5 aromatic carbocycles. The van der Waals surface area contributed by atoms with Crippen LogP contribution in [0.5, 0.6) is 11.5 Å². The Labute approximate surface area is 194 Å². The van der Waals surface area contributed by atoms with Crippen LogP contribution in [0.15, 0.2) is 97.1 Å². The van der Waals surface area contributed by atoms with E-state index in [1.165, 1.54) is 0 Å². The fraction of sp³-hybridized carbons (Fsp3) is 0. The number of hydrogen-bond acceptors (Lipinski definition) is 2. The number of fused-ring (bicyclic) bond motifs is 6. The Hall–Kier alpha value is -4.70. The first-order valence-electron chi connectivity index (χ1n) is 11.2. The van der Waals surface area contributed by atoms with E-state index in [4.69, 9.17) is 0 Å². The van der Waals surface area contributed by atoms with Crippen molar-refractivity contribution in [2.45, 2.75) is 0 Å². The summed E-state index contributed by atoms with van der Waals surface area (Å²) >= 11 is 0. The average molecular weight is 441 g/mol. The van der Waals surface area contributed by atoms with E-state index < -0.39 is 0 Å². The number of phenols is 2. The van der Waals surface area contributed by atoms with E-state index >= 15 is 0 Å².